The number of Topliss-reactive ketones (excluding diaryl/α,β-unsaturated/α-hetero) is 2. The molecular formula is C63H101ClN12O20. The van der Waals surface area contributed by atoms with Crippen molar-refractivity contribution in [2.24, 2.45) is 29.0 Å². The number of rotatable bonds is 41. The summed E-state index contributed by atoms with van der Waals surface area (Å²) in [4.78, 5) is 190. The minimum Gasteiger partial charge on any atom is -0.480 e. The molecule has 1 fully saturated rings. The van der Waals surface area contributed by atoms with Crippen LogP contribution in [0.1, 0.15) is 178 Å². The second-order valence-electron chi connectivity index (χ2n) is 25.8. The smallest absolute Gasteiger partial charge is 0.328 e. The summed E-state index contributed by atoms with van der Waals surface area (Å²) in [5, 5.41) is 62.4. The summed E-state index contributed by atoms with van der Waals surface area (Å²) in [6.07, 6.45) is -0.867. The number of esters is 1. The fraction of sp³-hybridized carbons (Fsp3) is 0.714. The molecule has 0 bridgehead atoms. The molecule has 2 aliphatic heterocycles. The fourth-order valence-corrected chi connectivity index (χ4v) is 11.6. The number of nitrogens with two attached hydrogens (primary N) is 3. The first kappa shape index (κ1) is 82.6. The third-order valence-corrected chi connectivity index (χ3v) is 16.8. The van der Waals surface area contributed by atoms with E-state index < -0.39 is 184 Å². The van der Waals surface area contributed by atoms with Crippen molar-refractivity contribution in [2.45, 2.75) is 262 Å². The first-order valence-corrected chi connectivity index (χ1v) is 33.1. The van der Waals surface area contributed by atoms with E-state index in [1.807, 2.05) is 6.92 Å². The van der Waals surface area contributed by atoms with Gasteiger partial charge >= 0.3 is 11.9 Å². The zero-order valence-electron chi connectivity index (χ0n) is 56.5. The molecule has 3 aliphatic rings. The van der Waals surface area contributed by atoms with Gasteiger partial charge in [-0.1, -0.05) is 91.7 Å². The molecule has 96 heavy (non-hydrogen) atoms. The minimum atomic E-state index is -2.40. The quantitative estimate of drug-likeness (QED) is 0.0183. The Bertz CT molecular complexity index is 2900. The Morgan fingerprint density at radius 2 is 1.05 bits per heavy atom. The summed E-state index contributed by atoms with van der Waals surface area (Å²) in [5.41, 5.74) is 11.8. The van der Waals surface area contributed by atoms with Crippen molar-refractivity contribution < 1.29 is 97.0 Å². The van der Waals surface area contributed by atoms with Crippen LogP contribution in [0.15, 0.2) is 22.4 Å². The predicted octanol–water partition coefficient (Wildman–Crippen LogP) is -1.75. The number of unbranched alkanes of at least 4 members (excludes halogenated alkanes) is 5. The zero-order valence-corrected chi connectivity index (χ0v) is 57.2. The van der Waals surface area contributed by atoms with E-state index >= 15 is 0 Å². The van der Waals surface area contributed by atoms with Crippen molar-refractivity contribution in [1.29, 1.82) is 0 Å². The number of aliphatic carboxylic acids is 1. The number of ketones is 2. The predicted molar refractivity (Wildman–Crippen MR) is 345 cm³/mol. The van der Waals surface area contributed by atoms with E-state index in [0.717, 1.165) is 46.5 Å². The number of hydrogen-bond acceptors (Lipinski definition) is 21. The van der Waals surface area contributed by atoms with E-state index in [4.69, 9.17) is 38.3 Å². The topological polar surface area (TPSA) is 516 Å². The Hall–Kier alpha value is -7.65. The van der Waals surface area contributed by atoms with Gasteiger partial charge in [-0.15, -0.1) is 0 Å². The summed E-state index contributed by atoms with van der Waals surface area (Å²) in [5.74, 6) is -15.6. The van der Waals surface area contributed by atoms with Crippen molar-refractivity contribution in [1.82, 2.24) is 47.4 Å². The van der Waals surface area contributed by atoms with Gasteiger partial charge < -0.3 is 94.5 Å². The Balaban J connectivity index is 2.02. The van der Waals surface area contributed by atoms with Gasteiger partial charge in [-0.3, -0.25) is 62.3 Å². The van der Waals surface area contributed by atoms with Crippen molar-refractivity contribution in [3.8, 4) is 0 Å². The highest BCUT2D eigenvalue weighted by molar-refractivity contribution is 6.49. The van der Waals surface area contributed by atoms with Crippen LogP contribution in [0, 0.1) is 11.8 Å². The monoisotopic (exact) mass is 1380 g/mol. The Morgan fingerprint density at radius 3 is 1.52 bits per heavy atom. The lowest BCUT2D eigenvalue weighted by Gasteiger charge is -2.49. The largest absolute Gasteiger partial charge is 0.480 e. The highest BCUT2D eigenvalue weighted by Gasteiger charge is 2.60. The Morgan fingerprint density at radius 1 is 0.615 bits per heavy atom. The van der Waals surface area contributed by atoms with Gasteiger partial charge in [0.2, 0.25) is 76.2 Å². The highest BCUT2D eigenvalue weighted by Crippen LogP contribution is 2.48. The van der Waals surface area contributed by atoms with Gasteiger partial charge in [0.1, 0.15) is 48.4 Å². The molecule has 540 valence electrons. The molecule has 18 N–H and O–H groups in total. The number of aliphatic hydroxyl groups excluding tert-OH is 3. The lowest BCUT2D eigenvalue weighted by Crippen LogP contribution is -2.62. The van der Waals surface area contributed by atoms with Crippen molar-refractivity contribution >= 4 is 94.2 Å². The molecule has 14 atom stereocenters. The average Bonchev–Trinajstić information content (AvgIpc) is 0.974. The summed E-state index contributed by atoms with van der Waals surface area (Å²) >= 11 is 6.63. The molecule has 32 nitrogen and oxygen atoms in total. The SMILES string of the molecule is CCCCCCCC[C@@H](NC(=O)[C@@H](CC(C)C)NC(=O)[C@@H](NC(=O)[C@@H](CC(C)C)NC(=O)[C@@H](CC(N)=O)NC(=O)[C@H](CC(N)=O)NC(=O)[C@H](C)N)[C@@H](C)O)C(=O)N[C@@H](CCCN1C=C2C(=O)[C@@](C)(OC(=O)CCC)C(=O)C(Cl)=C2[C@H](O)[C@]12CCCO2)C(=O)N[C@H](C(=O)O)[C@@H](C)O. The summed E-state index contributed by atoms with van der Waals surface area (Å²) in [7, 11) is 0. The van der Waals surface area contributed by atoms with Gasteiger partial charge in [0.15, 0.2) is 11.8 Å². The Kier molecular flexibility index (Phi) is 33.0. The zero-order chi connectivity index (χ0) is 72.7. The van der Waals surface area contributed by atoms with Crippen LogP contribution < -0.4 is 59.7 Å². The summed E-state index contributed by atoms with van der Waals surface area (Å²) in [6, 6.07) is -14.4. The van der Waals surface area contributed by atoms with Crippen LogP contribution in [-0.2, 0) is 76.6 Å². The molecule has 2 heterocycles. The molecule has 0 aromatic carbocycles. The second-order valence-corrected chi connectivity index (χ2v) is 26.2. The first-order valence-electron chi connectivity index (χ1n) is 32.7. The number of amides is 10. The van der Waals surface area contributed by atoms with Gasteiger partial charge in [-0.2, -0.15) is 0 Å². The van der Waals surface area contributed by atoms with Gasteiger partial charge in [0.25, 0.3) is 0 Å². The molecule has 0 saturated carbocycles. The number of nitrogens with one attached hydrogen (secondary N) is 8. The van der Waals surface area contributed by atoms with Crippen LogP contribution >= 0.6 is 11.6 Å². The second kappa shape index (κ2) is 38.3. The number of primary amides is 2. The van der Waals surface area contributed by atoms with Crippen molar-refractivity contribution in [2.75, 3.05) is 13.2 Å². The fourth-order valence-electron chi connectivity index (χ4n) is 11.2. The highest BCUT2D eigenvalue weighted by atomic mass is 35.5. The maximum absolute atomic E-state index is 14.8. The van der Waals surface area contributed by atoms with Gasteiger partial charge in [-0.05, 0) is 84.5 Å². The van der Waals surface area contributed by atoms with E-state index in [-0.39, 0.29) is 81.1 Å². The minimum absolute atomic E-state index is 0.0378. The molecule has 0 unspecified atom stereocenters. The molecule has 1 spiro atoms. The molecular weight excluding hydrogens is 1280 g/mol. The van der Waals surface area contributed by atoms with E-state index in [2.05, 4.69) is 42.5 Å². The number of aliphatic hydroxyl groups is 3. The van der Waals surface area contributed by atoms with Crippen LogP contribution in [0.4, 0.5) is 0 Å². The van der Waals surface area contributed by atoms with Crippen LogP contribution in [0.5, 0.6) is 0 Å². The number of fused-ring (bicyclic) bond motifs is 1. The van der Waals surface area contributed by atoms with E-state index in [1.54, 1.807) is 34.6 Å². The lowest BCUT2D eigenvalue weighted by molar-refractivity contribution is -0.174. The van der Waals surface area contributed by atoms with Crippen molar-refractivity contribution in [3.05, 3.63) is 22.4 Å². The number of hydrogen-bond donors (Lipinski definition) is 15. The number of carboxylic acid groups (broad SMARTS) is 1. The van der Waals surface area contributed by atoms with E-state index in [9.17, 15) is 87.5 Å². The number of halogens is 1. The van der Waals surface area contributed by atoms with Crippen LogP contribution in [0.25, 0.3) is 0 Å². The maximum atomic E-state index is 14.8. The third kappa shape index (κ3) is 23.6. The van der Waals surface area contributed by atoms with Crippen LogP contribution in [-0.4, -0.2) is 205 Å². The molecule has 1 aliphatic carbocycles. The maximum Gasteiger partial charge on any atom is 0.328 e. The molecule has 33 heteroatoms. The molecule has 3 rings (SSSR count). The number of carbonyl (C=O) groups is 14. The van der Waals surface area contributed by atoms with Crippen LogP contribution in [0.3, 0.4) is 0 Å². The number of carboxylic acids is 1. The van der Waals surface area contributed by atoms with Gasteiger partial charge in [-0.25, -0.2) is 4.79 Å². The molecule has 0 aromatic heterocycles. The first-order chi connectivity index (χ1) is 44.9. The van der Waals surface area contributed by atoms with E-state index in [1.165, 1.54) is 18.0 Å². The molecule has 10 amide bonds. The van der Waals surface area contributed by atoms with E-state index in [0.29, 0.717) is 25.7 Å². The average molecular weight is 1380 g/mol. The van der Waals surface area contributed by atoms with Gasteiger partial charge in [0.05, 0.1) is 36.1 Å². The van der Waals surface area contributed by atoms with Crippen molar-refractivity contribution in [3.63, 3.8) is 0 Å². The Labute approximate surface area is 563 Å². The number of nitrogens with zero attached hydrogens (tertiary/aromatic N) is 1. The third-order valence-electron chi connectivity index (χ3n) is 16.4. The molecule has 1 saturated heterocycles. The lowest BCUT2D eigenvalue weighted by atomic mass is 9.74. The standard InChI is InChI=1S/C63H101ClN12O20/c1-11-13-14-15-16-17-21-37(54(86)68-38(55(87)75-49(35(9)78)61(93)94)22-18-24-76-30-36-46(51(83)63(76)23-19-25-95-63)47(64)52(84)62(10,50(36)82)96-45(81)20-12-2)69-56(88)39(26-31(3)4)73-60(92)48(34(8)77)74-59(91)40(27-32(5)6)71-58(90)42(29-44(67)80)72-57(89)41(28-43(66)79)70-53(85)33(7)65/h30-35,37-42,48-49,51,77-78,83H,11-29,65H2,1-10H3,(H2,66,79)(H2,67,80)(H,68,86)(H,69,88)(H,70,85)(H,71,90)(H,72,89)(H,73,92)(H,74,91)(H,75,87)(H,93,94)/t33-,34+,35+,37+,38-,39+,40+,41-,42+,48-,49-,51-,62+,63+/m0/s1. The summed E-state index contributed by atoms with van der Waals surface area (Å²) < 4.78 is 11.6. The molecule has 0 radical (unpaired) electrons. The van der Waals surface area contributed by atoms with Crippen LogP contribution in [0.2, 0.25) is 0 Å². The van der Waals surface area contributed by atoms with Gasteiger partial charge in [0, 0.05) is 43.3 Å². The number of ether oxygens (including phenoxy) is 2. The normalized spacial score (nSPS) is 21.1. The number of carbonyl (C=O) groups excluding carboxylic acids is 13. The molecule has 0 aromatic rings. The summed E-state index contributed by atoms with van der Waals surface area (Å²) in [6.45, 7) is 15.1.